The van der Waals surface area contributed by atoms with Crippen molar-refractivity contribution in [1.29, 1.82) is 0 Å². The van der Waals surface area contributed by atoms with E-state index < -0.39 is 0 Å². The van der Waals surface area contributed by atoms with Crippen LogP contribution in [0, 0.1) is 17.8 Å². The van der Waals surface area contributed by atoms with Gasteiger partial charge in [0, 0.05) is 12.1 Å². The predicted octanol–water partition coefficient (Wildman–Crippen LogP) is 2.50. The van der Waals surface area contributed by atoms with Gasteiger partial charge in [0.1, 0.15) is 0 Å². The van der Waals surface area contributed by atoms with E-state index in [0.29, 0.717) is 24.3 Å². The molecular weight excluding hydrogens is 210 g/mol. The Kier molecular flexibility index (Phi) is 2.38. The van der Waals surface area contributed by atoms with Gasteiger partial charge in [0.2, 0.25) is 0 Å². The summed E-state index contributed by atoms with van der Waals surface area (Å²) >= 11 is 0. The van der Waals surface area contributed by atoms with Gasteiger partial charge in [-0.15, -0.1) is 0 Å². The number of nitrogens with one attached hydrogen (secondary N) is 1. The highest BCUT2D eigenvalue weighted by atomic mass is 16.5. The molecule has 2 heteroatoms. The standard InChI is InChI=1S/C15H23NO/c1-9(13-7-10-2-3-11(13)6-10)16-14-8-12-4-5-15(14)17-12/h2-3,9-16H,4-8H2,1H3. The van der Waals surface area contributed by atoms with Crippen LogP contribution in [0.2, 0.25) is 0 Å². The van der Waals surface area contributed by atoms with Crippen LogP contribution in [0.25, 0.3) is 0 Å². The average Bonchev–Trinajstić information content (AvgIpc) is 3.08. The van der Waals surface area contributed by atoms with Gasteiger partial charge in [0.05, 0.1) is 12.2 Å². The van der Waals surface area contributed by atoms with E-state index in [1.165, 1.54) is 32.1 Å². The van der Waals surface area contributed by atoms with E-state index in [9.17, 15) is 0 Å². The number of hydrogen-bond acceptors (Lipinski definition) is 2. The Morgan fingerprint density at radius 2 is 2.12 bits per heavy atom. The molecule has 1 N–H and O–H groups in total. The zero-order valence-corrected chi connectivity index (χ0v) is 10.6. The van der Waals surface area contributed by atoms with Crippen LogP contribution in [0.15, 0.2) is 12.2 Å². The zero-order chi connectivity index (χ0) is 11.4. The largest absolute Gasteiger partial charge is 0.373 e. The number of fused-ring (bicyclic) bond motifs is 4. The number of rotatable bonds is 3. The minimum absolute atomic E-state index is 0.525. The van der Waals surface area contributed by atoms with Crippen LogP contribution in [0.4, 0.5) is 0 Å². The van der Waals surface area contributed by atoms with E-state index in [4.69, 9.17) is 4.74 Å². The van der Waals surface area contributed by atoms with E-state index in [-0.39, 0.29) is 0 Å². The van der Waals surface area contributed by atoms with E-state index in [1.807, 2.05) is 0 Å². The van der Waals surface area contributed by atoms with Crippen molar-refractivity contribution >= 4 is 0 Å². The van der Waals surface area contributed by atoms with E-state index in [1.54, 1.807) is 0 Å². The molecule has 0 aromatic carbocycles. The summed E-state index contributed by atoms with van der Waals surface area (Å²) < 4.78 is 5.93. The maximum absolute atomic E-state index is 5.93. The second-order valence-electron chi connectivity index (χ2n) is 6.62. The molecule has 4 bridgehead atoms. The molecule has 2 aliphatic carbocycles. The minimum Gasteiger partial charge on any atom is -0.373 e. The summed E-state index contributed by atoms with van der Waals surface area (Å²) in [5.41, 5.74) is 0. The third kappa shape index (κ3) is 1.68. The third-order valence-corrected chi connectivity index (χ3v) is 5.56. The average molecular weight is 233 g/mol. The van der Waals surface area contributed by atoms with Crippen molar-refractivity contribution in [1.82, 2.24) is 5.32 Å². The summed E-state index contributed by atoms with van der Waals surface area (Å²) in [6.07, 6.45) is 12.7. The van der Waals surface area contributed by atoms with Gasteiger partial charge in [-0.25, -0.2) is 0 Å². The fourth-order valence-corrected chi connectivity index (χ4v) is 4.67. The van der Waals surface area contributed by atoms with Gasteiger partial charge in [-0.05, 0) is 56.8 Å². The van der Waals surface area contributed by atoms with Gasteiger partial charge in [0.15, 0.2) is 0 Å². The highest BCUT2D eigenvalue weighted by Crippen LogP contribution is 2.45. The Labute approximate surface area is 104 Å². The van der Waals surface area contributed by atoms with Crippen molar-refractivity contribution in [3.8, 4) is 0 Å². The van der Waals surface area contributed by atoms with E-state index >= 15 is 0 Å². The lowest BCUT2D eigenvalue weighted by Gasteiger charge is -2.31. The Hall–Kier alpha value is -0.340. The van der Waals surface area contributed by atoms with Crippen molar-refractivity contribution in [3.05, 3.63) is 12.2 Å². The first-order chi connectivity index (χ1) is 8.29. The summed E-state index contributed by atoms with van der Waals surface area (Å²) in [4.78, 5) is 0. The Morgan fingerprint density at radius 3 is 2.71 bits per heavy atom. The molecule has 0 amide bonds. The molecule has 2 saturated heterocycles. The van der Waals surface area contributed by atoms with Crippen LogP contribution in [0.5, 0.6) is 0 Å². The highest BCUT2D eigenvalue weighted by Gasteiger charge is 2.44. The molecule has 7 atom stereocenters. The molecule has 3 fully saturated rings. The topological polar surface area (TPSA) is 21.3 Å². The van der Waals surface area contributed by atoms with Crippen LogP contribution in [0.1, 0.15) is 39.0 Å². The molecule has 2 nitrogen and oxygen atoms in total. The van der Waals surface area contributed by atoms with E-state index in [2.05, 4.69) is 24.4 Å². The zero-order valence-electron chi connectivity index (χ0n) is 10.6. The van der Waals surface area contributed by atoms with Crippen molar-refractivity contribution in [2.45, 2.75) is 63.3 Å². The van der Waals surface area contributed by atoms with Crippen LogP contribution in [0.3, 0.4) is 0 Å². The lowest BCUT2D eigenvalue weighted by atomic mass is 9.86. The van der Waals surface area contributed by atoms with Gasteiger partial charge >= 0.3 is 0 Å². The maximum Gasteiger partial charge on any atom is 0.0733 e. The molecular formula is C15H23NO. The summed E-state index contributed by atoms with van der Waals surface area (Å²) in [7, 11) is 0. The predicted molar refractivity (Wildman–Crippen MR) is 67.7 cm³/mol. The highest BCUT2D eigenvalue weighted by molar-refractivity contribution is 5.12. The summed E-state index contributed by atoms with van der Waals surface area (Å²) in [6, 6.07) is 1.31. The first-order valence-corrected chi connectivity index (χ1v) is 7.39. The molecule has 94 valence electrons. The van der Waals surface area contributed by atoms with Crippen LogP contribution < -0.4 is 5.32 Å². The molecule has 0 aromatic rings. The second-order valence-corrected chi connectivity index (χ2v) is 6.62. The molecule has 2 heterocycles. The first kappa shape index (κ1) is 10.6. The fourth-order valence-electron chi connectivity index (χ4n) is 4.67. The van der Waals surface area contributed by atoms with Crippen molar-refractivity contribution in [2.75, 3.05) is 0 Å². The van der Waals surface area contributed by atoms with Crippen molar-refractivity contribution in [3.63, 3.8) is 0 Å². The van der Waals surface area contributed by atoms with Crippen molar-refractivity contribution < 1.29 is 4.74 Å². The summed E-state index contributed by atoms with van der Waals surface area (Å²) in [5, 5.41) is 3.88. The van der Waals surface area contributed by atoms with Gasteiger partial charge in [-0.3, -0.25) is 0 Å². The molecule has 2 aliphatic heterocycles. The number of hydrogen-bond donors (Lipinski definition) is 1. The van der Waals surface area contributed by atoms with Crippen molar-refractivity contribution in [2.24, 2.45) is 17.8 Å². The molecule has 1 saturated carbocycles. The Bertz CT molecular complexity index is 340. The smallest absolute Gasteiger partial charge is 0.0733 e. The second kappa shape index (κ2) is 3.83. The molecule has 4 rings (SSSR count). The monoisotopic (exact) mass is 233 g/mol. The lowest BCUT2D eigenvalue weighted by molar-refractivity contribution is 0.0946. The molecule has 4 aliphatic rings. The normalized spacial score (nSPS) is 52.5. The molecule has 7 unspecified atom stereocenters. The molecule has 0 aromatic heterocycles. The van der Waals surface area contributed by atoms with Crippen LogP contribution in [-0.2, 0) is 4.74 Å². The number of allylic oxidation sites excluding steroid dienone is 2. The fraction of sp³-hybridized carbons (Fsp3) is 0.867. The third-order valence-electron chi connectivity index (χ3n) is 5.56. The summed E-state index contributed by atoms with van der Waals surface area (Å²) in [6.45, 7) is 2.39. The summed E-state index contributed by atoms with van der Waals surface area (Å²) in [5.74, 6) is 2.64. The van der Waals surface area contributed by atoms with Crippen LogP contribution in [-0.4, -0.2) is 24.3 Å². The molecule has 0 spiro atoms. The minimum atomic E-state index is 0.525. The molecule has 0 radical (unpaired) electrons. The van der Waals surface area contributed by atoms with Crippen LogP contribution >= 0.6 is 0 Å². The van der Waals surface area contributed by atoms with Gasteiger partial charge in [0.25, 0.3) is 0 Å². The lowest BCUT2D eigenvalue weighted by Crippen LogP contribution is -2.46. The quantitative estimate of drug-likeness (QED) is 0.756. The molecule has 17 heavy (non-hydrogen) atoms. The van der Waals surface area contributed by atoms with Gasteiger partial charge in [-0.2, -0.15) is 0 Å². The SMILES string of the molecule is CC(NC1CC2CCC1O2)C1CC2C=CC1C2. The number of ether oxygens (including phenoxy) is 1. The van der Waals surface area contributed by atoms with Gasteiger partial charge < -0.3 is 10.1 Å². The maximum atomic E-state index is 5.93. The van der Waals surface area contributed by atoms with Gasteiger partial charge in [-0.1, -0.05) is 12.2 Å². The Balaban J connectivity index is 1.38. The Morgan fingerprint density at radius 1 is 1.18 bits per heavy atom. The first-order valence-electron chi connectivity index (χ1n) is 7.39. The van der Waals surface area contributed by atoms with E-state index in [0.717, 1.165) is 17.8 Å².